The van der Waals surface area contributed by atoms with Gasteiger partial charge in [0.25, 0.3) is 0 Å². The molecule has 0 radical (unpaired) electrons. The molecule has 7 heteroatoms. The first-order valence-corrected chi connectivity index (χ1v) is 7.91. The Bertz CT molecular complexity index is 473. The van der Waals surface area contributed by atoms with Crippen molar-refractivity contribution in [2.45, 2.75) is 23.8 Å². The van der Waals surface area contributed by atoms with E-state index in [1.807, 2.05) is 4.90 Å². The molecule has 3 nitrogen and oxygen atoms in total. The second-order valence-electron chi connectivity index (χ2n) is 4.61. The molecule has 0 bridgehead atoms. The number of likely N-dealkylation sites (tertiary alicyclic amines) is 1. The number of hydrogen-bond donors (Lipinski definition) is 1. The fourth-order valence-electron chi connectivity index (χ4n) is 2.06. The quantitative estimate of drug-likeness (QED) is 0.845. The topological polar surface area (TPSA) is 46.3 Å². The van der Waals surface area contributed by atoms with E-state index < -0.39 is 0 Å². The van der Waals surface area contributed by atoms with Crippen LogP contribution in [-0.2, 0) is 4.79 Å². The summed E-state index contributed by atoms with van der Waals surface area (Å²) in [6, 6.07) is 5.37. The molecule has 0 aliphatic carbocycles. The second kappa shape index (κ2) is 8.35. The maximum atomic E-state index is 12.1. The maximum absolute atomic E-state index is 12.1. The molecule has 1 aromatic rings. The van der Waals surface area contributed by atoms with Crippen molar-refractivity contribution in [2.75, 3.05) is 18.8 Å². The van der Waals surface area contributed by atoms with Gasteiger partial charge in [-0.25, -0.2) is 0 Å². The molecule has 1 amide bonds. The van der Waals surface area contributed by atoms with E-state index >= 15 is 0 Å². The molecule has 0 aromatic heterocycles. The lowest BCUT2D eigenvalue weighted by molar-refractivity contribution is -0.129. The summed E-state index contributed by atoms with van der Waals surface area (Å²) in [6.45, 7) is 1.46. The van der Waals surface area contributed by atoms with E-state index in [-0.39, 0.29) is 24.4 Å². The van der Waals surface area contributed by atoms with Gasteiger partial charge < -0.3 is 10.6 Å². The van der Waals surface area contributed by atoms with Crippen LogP contribution < -0.4 is 5.73 Å². The molecular weight excluding hydrogens is 339 g/mol. The van der Waals surface area contributed by atoms with Crippen LogP contribution in [0, 0.1) is 0 Å². The van der Waals surface area contributed by atoms with E-state index in [4.69, 9.17) is 28.9 Å². The molecule has 1 unspecified atom stereocenters. The van der Waals surface area contributed by atoms with Gasteiger partial charge in [-0.15, -0.1) is 24.2 Å². The first-order valence-electron chi connectivity index (χ1n) is 6.17. The smallest absolute Gasteiger partial charge is 0.232 e. The van der Waals surface area contributed by atoms with E-state index in [0.717, 1.165) is 24.3 Å². The van der Waals surface area contributed by atoms with E-state index in [0.29, 0.717) is 22.3 Å². The van der Waals surface area contributed by atoms with Crippen LogP contribution >= 0.6 is 47.4 Å². The van der Waals surface area contributed by atoms with Crippen LogP contribution in [0.4, 0.5) is 0 Å². The highest BCUT2D eigenvalue weighted by atomic mass is 35.5. The summed E-state index contributed by atoms with van der Waals surface area (Å²) in [6.07, 6.45) is 1.98. The molecular formula is C13H17Cl3N2OS. The van der Waals surface area contributed by atoms with Crippen LogP contribution in [0.25, 0.3) is 0 Å². The Morgan fingerprint density at radius 3 is 2.90 bits per heavy atom. The summed E-state index contributed by atoms with van der Waals surface area (Å²) >= 11 is 13.4. The van der Waals surface area contributed by atoms with Crippen molar-refractivity contribution in [3.8, 4) is 0 Å². The number of thioether (sulfide) groups is 1. The van der Waals surface area contributed by atoms with Crippen molar-refractivity contribution in [2.24, 2.45) is 5.73 Å². The monoisotopic (exact) mass is 354 g/mol. The van der Waals surface area contributed by atoms with Gasteiger partial charge in [0.05, 0.1) is 10.8 Å². The predicted molar refractivity (Wildman–Crippen MR) is 88.2 cm³/mol. The molecule has 1 saturated heterocycles. The molecule has 1 aromatic carbocycles. The van der Waals surface area contributed by atoms with Crippen LogP contribution in [0.5, 0.6) is 0 Å². The van der Waals surface area contributed by atoms with Crippen LogP contribution in [0.1, 0.15) is 12.8 Å². The van der Waals surface area contributed by atoms with Gasteiger partial charge in [0.2, 0.25) is 5.91 Å². The molecule has 2 N–H and O–H groups in total. The standard InChI is InChI=1S/C13H16Cl2N2OS.ClH/c14-9-3-4-11(15)12(6-9)19-8-13(18)17-5-1-2-10(16)7-17;/h3-4,6,10H,1-2,5,7-8,16H2;1H. The van der Waals surface area contributed by atoms with Gasteiger partial charge in [-0.1, -0.05) is 23.2 Å². The van der Waals surface area contributed by atoms with Gasteiger partial charge >= 0.3 is 0 Å². The van der Waals surface area contributed by atoms with Gasteiger partial charge in [0, 0.05) is 29.0 Å². The molecule has 0 saturated carbocycles. The highest BCUT2D eigenvalue weighted by Crippen LogP contribution is 2.30. The lowest BCUT2D eigenvalue weighted by atomic mass is 10.1. The summed E-state index contributed by atoms with van der Waals surface area (Å²) < 4.78 is 0. The average molecular weight is 356 g/mol. The first kappa shape index (κ1) is 17.9. The van der Waals surface area contributed by atoms with Crippen LogP contribution in [0.15, 0.2) is 23.1 Å². The Kier molecular flexibility index (Phi) is 7.48. The number of hydrogen-bond acceptors (Lipinski definition) is 3. The Balaban J connectivity index is 0.00000200. The lowest BCUT2D eigenvalue weighted by Gasteiger charge is -2.30. The normalized spacial score (nSPS) is 18.6. The zero-order valence-corrected chi connectivity index (χ0v) is 14.0. The number of carbonyl (C=O) groups excluding carboxylic acids is 1. The van der Waals surface area contributed by atoms with Crippen molar-refractivity contribution >= 4 is 53.3 Å². The molecule has 1 atom stereocenters. The highest BCUT2D eigenvalue weighted by molar-refractivity contribution is 8.00. The zero-order valence-electron chi connectivity index (χ0n) is 10.9. The summed E-state index contributed by atoms with van der Waals surface area (Å²) in [4.78, 5) is 14.8. The summed E-state index contributed by atoms with van der Waals surface area (Å²) in [5.74, 6) is 0.475. The number of rotatable bonds is 3. The average Bonchev–Trinajstić information content (AvgIpc) is 2.39. The molecule has 0 spiro atoms. The molecule has 20 heavy (non-hydrogen) atoms. The molecule has 1 aliphatic rings. The van der Waals surface area contributed by atoms with Gasteiger partial charge in [0.1, 0.15) is 0 Å². The van der Waals surface area contributed by atoms with Gasteiger partial charge in [-0.2, -0.15) is 0 Å². The van der Waals surface area contributed by atoms with Gasteiger partial charge in [-0.3, -0.25) is 4.79 Å². The lowest BCUT2D eigenvalue weighted by Crippen LogP contribution is -2.46. The minimum absolute atomic E-state index is 0. The summed E-state index contributed by atoms with van der Waals surface area (Å²) in [7, 11) is 0. The second-order valence-corrected chi connectivity index (χ2v) is 6.47. The molecule has 2 rings (SSSR count). The fraction of sp³-hybridized carbons (Fsp3) is 0.462. The van der Waals surface area contributed by atoms with Gasteiger partial charge in [-0.05, 0) is 31.0 Å². The van der Waals surface area contributed by atoms with Crippen molar-refractivity contribution in [1.29, 1.82) is 0 Å². The van der Waals surface area contributed by atoms with Crippen LogP contribution in [0.2, 0.25) is 10.0 Å². The summed E-state index contributed by atoms with van der Waals surface area (Å²) in [5.41, 5.74) is 5.87. The number of nitrogens with zero attached hydrogens (tertiary/aromatic N) is 1. The Morgan fingerprint density at radius 1 is 1.45 bits per heavy atom. The number of amides is 1. The van der Waals surface area contributed by atoms with Crippen LogP contribution in [0.3, 0.4) is 0 Å². The molecule has 1 fully saturated rings. The minimum atomic E-state index is 0. The van der Waals surface area contributed by atoms with Crippen LogP contribution in [-0.4, -0.2) is 35.7 Å². The molecule has 1 aliphatic heterocycles. The predicted octanol–water partition coefficient (Wildman–Crippen LogP) is 3.46. The number of piperidine rings is 1. The maximum Gasteiger partial charge on any atom is 0.232 e. The van der Waals surface area contributed by atoms with Crippen molar-refractivity contribution in [3.05, 3.63) is 28.2 Å². The Labute approximate surface area is 139 Å². The van der Waals surface area contributed by atoms with Crippen molar-refractivity contribution in [3.63, 3.8) is 0 Å². The Morgan fingerprint density at radius 2 is 2.20 bits per heavy atom. The number of benzene rings is 1. The molecule has 112 valence electrons. The SMILES string of the molecule is Cl.NC1CCCN(C(=O)CSc2cc(Cl)ccc2Cl)C1. The number of halogens is 3. The highest BCUT2D eigenvalue weighted by Gasteiger charge is 2.21. The number of nitrogens with two attached hydrogens (primary N) is 1. The third kappa shape index (κ3) is 5.01. The third-order valence-corrected chi connectivity index (χ3v) is 4.77. The van der Waals surface area contributed by atoms with Gasteiger partial charge in [0.15, 0.2) is 0 Å². The minimum Gasteiger partial charge on any atom is -0.340 e. The van der Waals surface area contributed by atoms with Crippen molar-refractivity contribution < 1.29 is 4.79 Å². The molecule has 1 heterocycles. The number of carbonyl (C=O) groups is 1. The fourth-order valence-corrected chi connectivity index (χ4v) is 3.45. The largest absolute Gasteiger partial charge is 0.340 e. The zero-order chi connectivity index (χ0) is 13.8. The van der Waals surface area contributed by atoms with E-state index in [1.165, 1.54) is 11.8 Å². The van der Waals surface area contributed by atoms with Crippen molar-refractivity contribution in [1.82, 2.24) is 4.90 Å². The Hall–Kier alpha value is -0.130. The van der Waals surface area contributed by atoms with E-state index in [2.05, 4.69) is 0 Å². The third-order valence-electron chi connectivity index (χ3n) is 3.05. The summed E-state index contributed by atoms with van der Waals surface area (Å²) in [5, 5.41) is 1.25. The first-order chi connectivity index (χ1) is 9.06. The van der Waals surface area contributed by atoms with E-state index in [9.17, 15) is 4.79 Å². The van der Waals surface area contributed by atoms with E-state index in [1.54, 1.807) is 18.2 Å².